The minimum absolute atomic E-state index is 0.498. The van der Waals surface area contributed by atoms with Gasteiger partial charge in [-0.3, -0.25) is 0 Å². The Hall–Kier alpha value is -0.630. The molecule has 14 heavy (non-hydrogen) atoms. The second kappa shape index (κ2) is 5.30. The molecule has 0 radical (unpaired) electrons. The van der Waals surface area contributed by atoms with Gasteiger partial charge in [0.1, 0.15) is 5.75 Å². The zero-order valence-corrected chi connectivity index (χ0v) is 9.97. The van der Waals surface area contributed by atoms with Crippen molar-refractivity contribution < 1.29 is 4.74 Å². The molecule has 0 aliphatic carbocycles. The summed E-state index contributed by atoms with van der Waals surface area (Å²) in [4.78, 5) is 0. The summed E-state index contributed by atoms with van der Waals surface area (Å²) in [6.45, 7) is 7.08. The van der Waals surface area contributed by atoms with E-state index < -0.39 is 0 Å². The van der Waals surface area contributed by atoms with Crippen molar-refractivity contribution in [2.45, 2.75) is 20.8 Å². The molecule has 1 aromatic rings. The van der Waals surface area contributed by atoms with E-state index in [2.05, 4.69) is 39.5 Å². The van der Waals surface area contributed by atoms with Gasteiger partial charge in [-0.25, -0.2) is 0 Å². The summed E-state index contributed by atoms with van der Waals surface area (Å²) in [6.07, 6.45) is 0. The molecule has 0 heterocycles. The van der Waals surface area contributed by atoms with Gasteiger partial charge < -0.3 is 4.74 Å². The second-order valence-corrected chi connectivity index (χ2v) is 4.16. The van der Waals surface area contributed by atoms with Crippen molar-refractivity contribution in [3.63, 3.8) is 0 Å². The lowest BCUT2D eigenvalue weighted by Gasteiger charge is -2.13. The molecular weight excluding hydrogens is 192 g/mol. The summed E-state index contributed by atoms with van der Waals surface area (Å²) in [7, 11) is 0. The van der Waals surface area contributed by atoms with E-state index in [0.717, 1.165) is 18.1 Å². The lowest BCUT2D eigenvalue weighted by Crippen LogP contribution is -2.10. The van der Waals surface area contributed by atoms with Crippen LogP contribution in [0.5, 0.6) is 5.75 Å². The van der Waals surface area contributed by atoms with Crippen LogP contribution in [0.15, 0.2) is 18.2 Å². The lowest BCUT2D eigenvalue weighted by molar-refractivity contribution is 0.272. The third-order valence-electron chi connectivity index (χ3n) is 2.39. The summed E-state index contributed by atoms with van der Waals surface area (Å²) in [5.41, 5.74) is 2.51. The fourth-order valence-electron chi connectivity index (χ4n) is 1.17. The van der Waals surface area contributed by atoms with Crippen LogP contribution in [0, 0.1) is 19.8 Å². The summed E-state index contributed by atoms with van der Waals surface area (Å²) in [6, 6.07) is 6.15. The molecule has 0 saturated heterocycles. The maximum atomic E-state index is 5.72. The molecule has 1 rings (SSSR count). The van der Waals surface area contributed by atoms with Crippen LogP contribution in [0.25, 0.3) is 0 Å². The Bertz CT molecular complexity index is 296. The molecule has 0 aliphatic heterocycles. The van der Waals surface area contributed by atoms with Crippen LogP contribution in [-0.4, -0.2) is 12.4 Å². The second-order valence-electron chi connectivity index (χ2n) is 3.80. The van der Waals surface area contributed by atoms with Gasteiger partial charge in [0, 0.05) is 0 Å². The highest BCUT2D eigenvalue weighted by molar-refractivity contribution is 7.80. The van der Waals surface area contributed by atoms with E-state index in [1.807, 2.05) is 12.1 Å². The maximum absolute atomic E-state index is 5.72. The maximum Gasteiger partial charge on any atom is 0.122 e. The van der Waals surface area contributed by atoms with Gasteiger partial charge in [0.2, 0.25) is 0 Å². The number of rotatable bonds is 4. The highest BCUT2D eigenvalue weighted by Crippen LogP contribution is 2.21. The van der Waals surface area contributed by atoms with Gasteiger partial charge in [-0.1, -0.05) is 19.1 Å². The normalized spacial score (nSPS) is 12.6. The Morgan fingerprint density at radius 2 is 2.07 bits per heavy atom. The zero-order valence-electron chi connectivity index (χ0n) is 9.08. The van der Waals surface area contributed by atoms with Crippen LogP contribution in [0.3, 0.4) is 0 Å². The molecule has 78 valence electrons. The van der Waals surface area contributed by atoms with Crippen LogP contribution in [-0.2, 0) is 0 Å². The van der Waals surface area contributed by atoms with Gasteiger partial charge in [-0.15, -0.1) is 0 Å². The van der Waals surface area contributed by atoms with Crippen molar-refractivity contribution >= 4 is 12.6 Å². The fraction of sp³-hybridized carbons (Fsp3) is 0.500. The van der Waals surface area contributed by atoms with Crippen molar-refractivity contribution in [3.05, 3.63) is 29.3 Å². The van der Waals surface area contributed by atoms with E-state index in [1.165, 1.54) is 11.1 Å². The zero-order chi connectivity index (χ0) is 10.6. The average molecular weight is 210 g/mol. The molecule has 1 atom stereocenters. The Kier molecular flexibility index (Phi) is 4.33. The standard InChI is InChI=1S/C12H18OS/c1-9(8-14)7-13-12-6-4-5-10(2)11(12)3/h4-6,9,14H,7-8H2,1-3H3. The lowest BCUT2D eigenvalue weighted by atomic mass is 10.1. The minimum Gasteiger partial charge on any atom is -0.493 e. The number of ether oxygens (including phenoxy) is 1. The Morgan fingerprint density at radius 1 is 1.36 bits per heavy atom. The molecular formula is C12H18OS. The van der Waals surface area contributed by atoms with Gasteiger partial charge in [0.05, 0.1) is 6.61 Å². The number of hydrogen-bond donors (Lipinski definition) is 1. The first-order valence-electron chi connectivity index (χ1n) is 4.95. The van der Waals surface area contributed by atoms with Crippen molar-refractivity contribution in [2.24, 2.45) is 5.92 Å². The molecule has 0 saturated carbocycles. The number of aryl methyl sites for hydroxylation is 1. The molecule has 0 amide bonds. The van der Waals surface area contributed by atoms with Crippen molar-refractivity contribution in [1.82, 2.24) is 0 Å². The Balaban J connectivity index is 2.63. The molecule has 0 bridgehead atoms. The van der Waals surface area contributed by atoms with Crippen LogP contribution < -0.4 is 4.74 Å². The molecule has 0 fully saturated rings. The van der Waals surface area contributed by atoms with Crippen molar-refractivity contribution in [2.75, 3.05) is 12.4 Å². The Labute approximate surface area is 91.9 Å². The monoisotopic (exact) mass is 210 g/mol. The van der Waals surface area contributed by atoms with Crippen molar-refractivity contribution in [1.29, 1.82) is 0 Å². The van der Waals surface area contributed by atoms with E-state index in [0.29, 0.717) is 5.92 Å². The van der Waals surface area contributed by atoms with E-state index in [9.17, 15) is 0 Å². The minimum atomic E-state index is 0.498. The van der Waals surface area contributed by atoms with Gasteiger partial charge in [0.25, 0.3) is 0 Å². The molecule has 0 spiro atoms. The smallest absolute Gasteiger partial charge is 0.122 e. The van der Waals surface area contributed by atoms with Gasteiger partial charge in [0.15, 0.2) is 0 Å². The molecule has 0 N–H and O–H groups in total. The fourth-order valence-corrected chi connectivity index (χ4v) is 1.27. The number of benzene rings is 1. The largest absolute Gasteiger partial charge is 0.493 e. The SMILES string of the molecule is Cc1cccc(OCC(C)CS)c1C. The quantitative estimate of drug-likeness (QED) is 0.751. The van der Waals surface area contributed by atoms with Crippen LogP contribution in [0.4, 0.5) is 0 Å². The molecule has 0 aliphatic rings. The molecule has 1 aromatic carbocycles. The summed E-state index contributed by atoms with van der Waals surface area (Å²) in [5.74, 6) is 2.36. The number of hydrogen-bond acceptors (Lipinski definition) is 2. The first-order chi connectivity index (χ1) is 6.65. The molecule has 1 nitrogen and oxygen atoms in total. The third kappa shape index (κ3) is 2.95. The predicted molar refractivity (Wildman–Crippen MR) is 64.4 cm³/mol. The van der Waals surface area contributed by atoms with E-state index >= 15 is 0 Å². The predicted octanol–water partition coefficient (Wildman–Crippen LogP) is 3.25. The molecule has 0 aromatic heterocycles. The van der Waals surface area contributed by atoms with Gasteiger partial charge in [-0.05, 0) is 42.7 Å². The summed E-state index contributed by atoms with van der Waals surface area (Å²) >= 11 is 4.23. The molecule has 2 heteroatoms. The summed E-state index contributed by atoms with van der Waals surface area (Å²) < 4.78 is 5.72. The van der Waals surface area contributed by atoms with Crippen LogP contribution >= 0.6 is 12.6 Å². The van der Waals surface area contributed by atoms with E-state index in [1.54, 1.807) is 0 Å². The van der Waals surface area contributed by atoms with Crippen molar-refractivity contribution in [3.8, 4) is 5.75 Å². The topological polar surface area (TPSA) is 9.23 Å². The molecule has 1 unspecified atom stereocenters. The van der Waals surface area contributed by atoms with Gasteiger partial charge in [-0.2, -0.15) is 12.6 Å². The highest BCUT2D eigenvalue weighted by Gasteiger charge is 2.04. The van der Waals surface area contributed by atoms with Crippen LogP contribution in [0.2, 0.25) is 0 Å². The average Bonchev–Trinajstić information content (AvgIpc) is 2.20. The number of thiol groups is 1. The third-order valence-corrected chi connectivity index (χ3v) is 3.01. The Morgan fingerprint density at radius 3 is 2.71 bits per heavy atom. The highest BCUT2D eigenvalue weighted by atomic mass is 32.1. The first kappa shape index (κ1) is 11.4. The van der Waals surface area contributed by atoms with E-state index in [4.69, 9.17) is 4.74 Å². The van der Waals surface area contributed by atoms with Gasteiger partial charge >= 0.3 is 0 Å². The first-order valence-corrected chi connectivity index (χ1v) is 5.58. The van der Waals surface area contributed by atoms with Crippen LogP contribution in [0.1, 0.15) is 18.1 Å². The summed E-state index contributed by atoms with van der Waals surface area (Å²) in [5, 5.41) is 0. The van der Waals surface area contributed by atoms with E-state index in [-0.39, 0.29) is 0 Å².